The molecule has 2 N–H and O–H groups in total. The van der Waals surface area contributed by atoms with Crippen LogP contribution < -0.4 is 5.73 Å². The van der Waals surface area contributed by atoms with Gasteiger partial charge >= 0.3 is 5.97 Å². The fourth-order valence-electron chi connectivity index (χ4n) is 1.27. The highest BCUT2D eigenvalue weighted by atomic mass is 16.5. The standard InChI is InChI=1S/C10H9N5O3/c11-8(16)4-18-10(17)7-2-1-3-13-9(7)15-6-12-5-14-15/h1-3,5-6H,4H2,(H2,11,16). The Kier molecular flexibility index (Phi) is 3.28. The number of hydrogen-bond donors (Lipinski definition) is 1. The Labute approximate surface area is 101 Å². The molecule has 0 aliphatic heterocycles. The van der Waals surface area contributed by atoms with Gasteiger partial charge in [0.1, 0.15) is 18.2 Å². The summed E-state index contributed by atoms with van der Waals surface area (Å²) in [5, 5.41) is 3.87. The van der Waals surface area contributed by atoms with Crippen molar-refractivity contribution >= 4 is 11.9 Å². The number of amides is 1. The van der Waals surface area contributed by atoms with Gasteiger partial charge in [-0.2, -0.15) is 5.10 Å². The zero-order valence-corrected chi connectivity index (χ0v) is 9.18. The molecule has 0 fully saturated rings. The summed E-state index contributed by atoms with van der Waals surface area (Å²) in [4.78, 5) is 30.1. The molecular formula is C10H9N5O3. The minimum Gasteiger partial charge on any atom is -0.452 e. The summed E-state index contributed by atoms with van der Waals surface area (Å²) >= 11 is 0. The maximum atomic E-state index is 11.7. The van der Waals surface area contributed by atoms with Crippen LogP contribution in [0.1, 0.15) is 10.4 Å². The van der Waals surface area contributed by atoms with Crippen LogP contribution >= 0.6 is 0 Å². The van der Waals surface area contributed by atoms with Crippen LogP contribution in [0.3, 0.4) is 0 Å². The van der Waals surface area contributed by atoms with Crippen LogP contribution in [0.2, 0.25) is 0 Å². The summed E-state index contributed by atoms with van der Waals surface area (Å²) in [6.07, 6.45) is 4.21. The molecule has 1 amide bonds. The van der Waals surface area contributed by atoms with Gasteiger partial charge < -0.3 is 10.5 Å². The van der Waals surface area contributed by atoms with E-state index in [1.54, 1.807) is 6.07 Å². The van der Waals surface area contributed by atoms with Crippen molar-refractivity contribution in [3.8, 4) is 5.82 Å². The predicted molar refractivity (Wildman–Crippen MR) is 58.6 cm³/mol. The minimum absolute atomic E-state index is 0.171. The number of pyridine rings is 1. The van der Waals surface area contributed by atoms with Gasteiger partial charge in [0.2, 0.25) is 0 Å². The van der Waals surface area contributed by atoms with E-state index in [2.05, 4.69) is 15.1 Å². The van der Waals surface area contributed by atoms with Crippen LogP contribution in [0.25, 0.3) is 5.82 Å². The molecule has 2 aromatic rings. The van der Waals surface area contributed by atoms with E-state index in [4.69, 9.17) is 10.5 Å². The van der Waals surface area contributed by atoms with Crippen molar-refractivity contribution < 1.29 is 14.3 Å². The van der Waals surface area contributed by atoms with Crippen LogP contribution in [0.5, 0.6) is 0 Å². The number of carbonyl (C=O) groups is 2. The Morgan fingerprint density at radius 1 is 1.44 bits per heavy atom. The van der Waals surface area contributed by atoms with E-state index in [9.17, 15) is 9.59 Å². The molecule has 0 bridgehead atoms. The van der Waals surface area contributed by atoms with E-state index in [0.717, 1.165) is 0 Å². The van der Waals surface area contributed by atoms with Gasteiger partial charge in [-0.1, -0.05) is 0 Å². The molecule has 0 aromatic carbocycles. The van der Waals surface area contributed by atoms with Crippen molar-refractivity contribution in [3.63, 3.8) is 0 Å². The molecule has 2 heterocycles. The lowest BCUT2D eigenvalue weighted by Gasteiger charge is -2.06. The maximum Gasteiger partial charge on any atom is 0.342 e. The summed E-state index contributed by atoms with van der Waals surface area (Å²) in [6.45, 7) is -0.482. The molecule has 0 aliphatic carbocycles. The Morgan fingerprint density at radius 3 is 2.94 bits per heavy atom. The zero-order chi connectivity index (χ0) is 13.0. The van der Waals surface area contributed by atoms with Crippen LogP contribution in [0.4, 0.5) is 0 Å². The van der Waals surface area contributed by atoms with Crippen molar-refractivity contribution in [2.75, 3.05) is 6.61 Å². The lowest BCUT2D eigenvalue weighted by molar-refractivity contribution is -0.121. The third kappa shape index (κ3) is 2.48. The highest BCUT2D eigenvalue weighted by Gasteiger charge is 2.16. The molecule has 8 nitrogen and oxygen atoms in total. The molecule has 0 radical (unpaired) electrons. The van der Waals surface area contributed by atoms with Crippen molar-refractivity contribution in [3.05, 3.63) is 36.5 Å². The largest absolute Gasteiger partial charge is 0.452 e. The third-order valence-electron chi connectivity index (χ3n) is 1.99. The van der Waals surface area contributed by atoms with Crippen molar-refractivity contribution in [1.82, 2.24) is 19.7 Å². The molecule has 0 aliphatic rings. The predicted octanol–water partition coefficient (Wildman–Crippen LogP) is -0.696. The van der Waals surface area contributed by atoms with Crippen LogP contribution in [-0.2, 0) is 9.53 Å². The molecule has 0 spiro atoms. The second-order valence-electron chi connectivity index (χ2n) is 3.26. The van der Waals surface area contributed by atoms with Gasteiger partial charge in [-0.05, 0) is 12.1 Å². The number of carbonyl (C=O) groups excluding carboxylic acids is 2. The van der Waals surface area contributed by atoms with Crippen LogP contribution in [0, 0.1) is 0 Å². The molecule has 0 atom stereocenters. The first-order valence-electron chi connectivity index (χ1n) is 4.94. The average Bonchev–Trinajstić information content (AvgIpc) is 2.89. The average molecular weight is 247 g/mol. The second-order valence-corrected chi connectivity index (χ2v) is 3.26. The summed E-state index contributed by atoms with van der Waals surface area (Å²) in [7, 11) is 0. The highest BCUT2D eigenvalue weighted by molar-refractivity contribution is 5.93. The number of nitrogens with two attached hydrogens (primary N) is 1. The quantitative estimate of drug-likeness (QED) is 0.715. The molecule has 0 unspecified atom stereocenters. The maximum absolute atomic E-state index is 11.7. The Balaban J connectivity index is 2.28. The smallest absolute Gasteiger partial charge is 0.342 e. The number of ether oxygens (including phenoxy) is 1. The fourth-order valence-corrected chi connectivity index (χ4v) is 1.27. The molecule has 0 saturated carbocycles. The normalized spacial score (nSPS) is 10.0. The van der Waals surface area contributed by atoms with E-state index >= 15 is 0 Å². The molecule has 92 valence electrons. The van der Waals surface area contributed by atoms with Gasteiger partial charge in [-0.25, -0.2) is 19.4 Å². The minimum atomic E-state index is -0.727. The van der Waals surface area contributed by atoms with Gasteiger partial charge in [-0.15, -0.1) is 0 Å². The lowest BCUT2D eigenvalue weighted by Crippen LogP contribution is -2.21. The molecule has 18 heavy (non-hydrogen) atoms. The summed E-state index contributed by atoms with van der Waals surface area (Å²) in [5.41, 5.74) is 5.06. The molecule has 0 saturated heterocycles. The fraction of sp³-hybridized carbons (Fsp3) is 0.100. The number of hydrogen-bond acceptors (Lipinski definition) is 6. The number of nitrogens with zero attached hydrogens (tertiary/aromatic N) is 4. The van der Waals surface area contributed by atoms with Gasteiger partial charge in [0.15, 0.2) is 12.4 Å². The topological polar surface area (TPSA) is 113 Å². The van der Waals surface area contributed by atoms with Crippen molar-refractivity contribution in [2.45, 2.75) is 0 Å². The van der Waals surface area contributed by atoms with Crippen LogP contribution in [0.15, 0.2) is 31.0 Å². The summed E-state index contributed by atoms with van der Waals surface area (Å²) < 4.78 is 6.03. The van der Waals surface area contributed by atoms with E-state index < -0.39 is 18.5 Å². The molecule has 2 aromatic heterocycles. The highest BCUT2D eigenvalue weighted by Crippen LogP contribution is 2.10. The van der Waals surface area contributed by atoms with Crippen LogP contribution in [-0.4, -0.2) is 38.2 Å². The van der Waals surface area contributed by atoms with Gasteiger partial charge in [-0.3, -0.25) is 4.79 Å². The molecule has 8 heteroatoms. The van der Waals surface area contributed by atoms with E-state index in [-0.39, 0.29) is 11.4 Å². The molecule has 2 rings (SSSR count). The first-order chi connectivity index (χ1) is 8.68. The number of rotatable bonds is 4. The van der Waals surface area contributed by atoms with E-state index in [1.165, 1.54) is 29.6 Å². The molecular weight excluding hydrogens is 238 g/mol. The van der Waals surface area contributed by atoms with E-state index in [0.29, 0.717) is 0 Å². The van der Waals surface area contributed by atoms with Crippen molar-refractivity contribution in [2.24, 2.45) is 5.73 Å². The second kappa shape index (κ2) is 5.04. The SMILES string of the molecule is NC(=O)COC(=O)c1cccnc1-n1cncn1. The van der Waals surface area contributed by atoms with Gasteiger partial charge in [0.25, 0.3) is 5.91 Å². The zero-order valence-electron chi connectivity index (χ0n) is 9.18. The first kappa shape index (κ1) is 11.7. The Hall–Kier alpha value is -2.77. The van der Waals surface area contributed by atoms with Gasteiger partial charge in [0.05, 0.1) is 0 Å². The third-order valence-corrected chi connectivity index (χ3v) is 1.99. The number of primary amides is 1. The lowest BCUT2D eigenvalue weighted by atomic mass is 10.2. The first-order valence-corrected chi connectivity index (χ1v) is 4.94. The van der Waals surface area contributed by atoms with Crippen molar-refractivity contribution in [1.29, 1.82) is 0 Å². The number of aromatic nitrogens is 4. The summed E-state index contributed by atoms with van der Waals surface area (Å²) in [6, 6.07) is 3.08. The van der Waals surface area contributed by atoms with E-state index in [1.807, 2.05) is 0 Å². The van der Waals surface area contributed by atoms with Gasteiger partial charge in [0, 0.05) is 6.20 Å². The Morgan fingerprint density at radius 2 is 2.28 bits per heavy atom. The number of esters is 1. The monoisotopic (exact) mass is 247 g/mol. The Bertz CT molecular complexity index is 567. The summed E-state index contributed by atoms with van der Waals surface area (Å²) in [5.74, 6) is -1.16.